The quantitative estimate of drug-likeness (QED) is 0.790. The van der Waals surface area contributed by atoms with Crippen LogP contribution in [-0.2, 0) is 9.53 Å². The third kappa shape index (κ3) is 2.50. The second-order valence-corrected chi connectivity index (χ2v) is 7.65. The molecule has 1 aliphatic carbocycles. The van der Waals surface area contributed by atoms with Gasteiger partial charge in [0.2, 0.25) is 0 Å². The first kappa shape index (κ1) is 14.0. The van der Waals surface area contributed by atoms with Crippen LogP contribution in [0.3, 0.4) is 0 Å². The first-order valence-electron chi connectivity index (χ1n) is 8.88. The monoisotopic (exact) mass is 292 g/mol. The van der Waals surface area contributed by atoms with Crippen molar-refractivity contribution in [2.45, 2.75) is 75.6 Å². The van der Waals surface area contributed by atoms with Crippen molar-refractivity contribution >= 4 is 5.97 Å². The molecule has 1 saturated carbocycles. The maximum Gasteiger partial charge on any atom is 0.310 e. The standard InChI is InChI=1S/C17H28N2O2/c1-19-11-6-7-12(19)9-13(8-11)21-17(20)15-10-18-16-5-3-2-4-14(15)16/h11-16,18H,2-10H2,1H3/t11-,12+,13?,14?,15?,16?. The summed E-state index contributed by atoms with van der Waals surface area (Å²) in [6.45, 7) is 0.841. The van der Waals surface area contributed by atoms with E-state index in [1.807, 2.05) is 0 Å². The van der Waals surface area contributed by atoms with Gasteiger partial charge in [-0.05, 0) is 51.5 Å². The molecule has 0 amide bonds. The molecule has 4 unspecified atom stereocenters. The van der Waals surface area contributed by atoms with Crippen molar-refractivity contribution in [2.75, 3.05) is 13.6 Å². The predicted molar refractivity (Wildman–Crippen MR) is 80.9 cm³/mol. The molecule has 2 bridgehead atoms. The van der Waals surface area contributed by atoms with Crippen molar-refractivity contribution in [2.24, 2.45) is 11.8 Å². The van der Waals surface area contributed by atoms with Crippen LogP contribution in [0.2, 0.25) is 0 Å². The summed E-state index contributed by atoms with van der Waals surface area (Å²) in [5, 5.41) is 3.55. The third-order valence-electron chi connectivity index (χ3n) is 6.58. The average Bonchev–Trinajstić information content (AvgIpc) is 2.98. The number of nitrogens with one attached hydrogen (secondary N) is 1. The van der Waals surface area contributed by atoms with Crippen LogP contribution >= 0.6 is 0 Å². The fourth-order valence-electron chi connectivity index (χ4n) is 5.29. The molecule has 0 aromatic heterocycles. The Bertz CT molecular complexity index is 400. The van der Waals surface area contributed by atoms with Crippen molar-refractivity contribution in [3.63, 3.8) is 0 Å². The van der Waals surface area contributed by atoms with Gasteiger partial charge in [-0.2, -0.15) is 0 Å². The van der Waals surface area contributed by atoms with Crippen LogP contribution < -0.4 is 5.32 Å². The van der Waals surface area contributed by atoms with Crippen molar-refractivity contribution in [3.05, 3.63) is 0 Å². The molecule has 4 aliphatic rings. The number of ether oxygens (including phenoxy) is 1. The van der Waals surface area contributed by atoms with Crippen LogP contribution in [-0.4, -0.2) is 48.7 Å². The van der Waals surface area contributed by atoms with Gasteiger partial charge in [0, 0.05) is 24.7 Å². The van der Waals surface area contributed by atoms with E-state index in [1.165, 1.54) is 38.5 Å². The fourth-order valence-corrected chi connectivity index (χ4v) is 5.29. The molecule has 21 heavy (non-hydrogen) atoms. The van der Waals surface area contributed by atoms with Gasteiger partial charge >= 0.3 is 5.97 Å². The molecule has 6 atom stereocenters. The van der Waals surface area contributed by atoms with Gasteiger partial charge in [0.1, 0.15) is 6.10 Å². The Morgan fingerprint density at radius 3 is 2.57 bits per heavy atom. The summed E-state index contributed by atoms with van der Waals surface area (Å²) in [7, 11) is 2.23. The molecule has 0 spiro atoms. The first-order valence-corrected chi connectivity index (χ1v) is 8.88. The van der Waals surface area contributed by atoms with Crippen LogP contribution in [0, 0.1) is 11.8 Å². The highest BCUT2D eigenvalue weighted by atomic mass is 16.5. The lowest BCUT2D eigenvalue weighted by atomic mass is 9.80. The summed E-state index contributed by atoms with van der Waals surface area (Å²) in [4.78, 5) is 15.1. The van der Waals surface area contributed by atoms with Gasteiger partial charge in [-0.15, -0.1) is 0 Å². The number of hydrogen-bond donors (Lipinski definition) is 1. The number of fused-ring (bicyclic) bond motifs is 3. The third-order valence-corrected chi connectivity index (χ3v) is 6.58. The lowest BCUT2D eigenvalue weighted by Gasteiger charge is -2.36. The zero-order chi connectivity index (χ0) is 14.4. The van der Waals surface area contributed by atoms with Crippen molar-refractivity contribution < 1.29 is 9.53 Å². The Morgan fingerprint density at radius 1 is 1.10 bits per heavy atom. The van der Waals surface area contributed by atoms with E-state index in [2.05, 4.69) is 17.3 Å². The van der Waals surface area contributed by atoms with Gasteiger partial charge < -0.3 is 15.0 Å². The first-order chi connectivity index (χ1) is 10.2. The van der Waals surface area contributed by atoms with E-state index < -0.39 is 0 Å². The maximum atomic E-state index is 12.6. The molecule has 4 fully saturated rings. The summed E-state index contributed by atoms with van der Waals surface area (Å²) in [5.74, 6) is 0.743. The minimum Gasteiger partial charge on any atom is -0.462 e. The van der Waals surface area contributed by atoms with Gasteiger partial charge in [-0.3, -0.25) is 4.79 Å². The van der Waals surface area contributed by atoms with Gasteiger partial charge in [-0.25, -0.2) is 0 Å². The SMILES string of the molecule is CN1[C@@H]2CC[C@H]1CC(OC(=O)C1CNC3CCCCC31)C2. The molecule has 118 valence electrons. The predicted octanol–water partition coefficient (Wildman–Crippen LogP) is 1.93. The van der Waals surface area contributed by atoms with Crippen LogP contribution in [0.5, 0.6) is 0 Å². The number of piperidine rings is 1. The van der Waals surface area contributed by atoms with Crippen LogP contribution in [0.25, 0.3) is 0 Å². The minimum atomic E-state index is 0.0888. The normalized spacial score (nSPS) is 46.3. The Kier molecular flexibility index (Phi) is 3.70. The van der Waals surface area contributed by atoms with Crippen molar-refractivity contribution in [1.82, 2.24) is 10.2 Å². The highest BCUT2D eigenvalue weighted by Crippen LogP contribution is 2.38. The molecule has 3 aliphatic heterocycles. The Hall–Kier alpha value is -0.610. The second kappa shape index (κ2) is 5.54. The molecule has 3 saturated heterocycles. The summed E-state index contributed by atoms with van der Waals surface area (Å²) in [5.41, 5.74) is 0. The van der Waals surface area contributed by atoms with Crippen LogP contribution in [0.1, 0.15) is 51.4 Å². The van der Waals surface area contributed by atoms with Gasteiger partial charge in [0.25, 0.3) is 0 Å². The Labute approximate surface area is 127 Å². The van der Waals surface area contributed by atoms with E-state index in [0.717, 1.165) is 19.4 Å². The molecule has 0 aromatic rings. The van der Waals surface area contributed by atoms with Gasteiger partial charge in [0.15, 0.2) is 0 Å². The number of hydrogen-bond acceptors (Lipinski definition) is 4. The van der Waals surface area contributed by atoms with Crippen molar-refractivity contribution in [3.8, 4) is 0 Å². The lowest BCUT2D eigenvalue weighted by Crippen LogP contribution is -2.44. The lowest BCUT2D eigenvalue weighted by molar-refractivity contribution is -0.158. The van der Waals surface area contributed by atoms with Crippen LogP contribution in [0.15, 0.2) is 0 Å². The van der Waals surface area contributed by atoms with Gasteiger partial charge in [0.05, 0.1) is 5.92 Å². The van der Waals surface area contributed by atoms with E-state index in [-0.39, 0.29) is 18.0 Å². The number of rotatable bonds is 2. The Balaban J connectivity index is 1.36. The van der Waals surface area contributed by atoms with E-state index in [1.54, 1.807) is 0 Å². The Morgan fingerprint density at radius 2 is 1.81 bits per heavy atom. The van der Waals surface area contributed by atoms with E-state index in [4.69, 9.17) is 4.74 Å². The van der Waals surface area contributed by atoms with E-state index in [0.29, 0.717) is 24.0 Å². The molecule has 3 heterocycles. The molecule has 4 nitrogen and oxygen atoms in total. The summed E-state index contributed by atoms with van der Waals surface area (Å²) >= 11 is 0. The smallest absolute Gasteiger partial charge is 0.310 e. The molecule has 0 aromatic carbocycles. The molecule has 4 rings (SSSR count). The zero-order valence-electron chi connectivity index (χ0n) is 13.1. The van der Waals surface area contributed by atoms with Gasteiger partial charge in [-0.1, -0.05) is 12.8 Å². The summed E-state index contributed by atoms with van der Waals surface area (Å²) in [6, 6.07) is 1.86. The fraction of sp³-hybridized carbons (Fsp3) is 0.941. The van der Waals surface area contributed by atoms with E-state index >= 15 is 0 Å². The highest BCUT2D eigenvalue weighted by molar-refractivity contribution is 5.74. The molecular weight excluding hydrogens is 264 g/mol. The molecule has 4 heteroatoms. The van der Waals surface area contributed by atoms with Crippen LogP contribution in [0.4, 0.5) is 0 Å². The minimum absolute atomic E-state index is 0.0888. The molecular formula is C17H28N2O2. The molecule has 0 radical (unpaired) electrons. The second-order valence-electron chi connectivity index (χ2n) is 7.65. The zero-order valence-corrected chi connectivity index (χ0v) is 13.1. The highest BCUT2D eigenvalue weighted by Gasteiger charge is 2.44. The maximum absolute atomic E-state index is 12.6. The van der Waals surface area contributed by atoms with Crippen molar-refractivity contribution in [1.29, 1.82) is 0 Å². The number of nitrogens with zero attached hydrogens (tertiary/aromatic N) is 1. The number of esters is 1. The topological polar surface area (TPSA) is 41.6 Å². The molecule has 1 N–H and O–H groups in total. The summed E-state index contributed by atoms with van der Waals surface area (Å²) < 4.78 is 5.95. The van der Waals surface area contributed by atoms with E-state index in [9.17, 15) is 4.79 Å². The summed E-state index contributed by atoms with van der Waals surface area (Å²) in [6.07, 6.45) is 9.88. The largest absolute Gasteiger partial charge is 0.462 e. The number of carbonyl (C=O) groups is 1. The number of carbonyl (C=O) groups excluding carboxylic acids is 1. The average molecular weight is 292 g/mol.